The molecule has 4 N–H and O–H groups in total. The van der Waals surface area contributed by atoms with Gasteiger partial charge < -0.3 is 39.2 Å². The number of carboxylic acids is 2. The van der Waals surface area contributed by atoms with E-state index in [0.717, 1.165) is 47.2 Å². The van der Waals surface area contributed by atoms with Gasteiger partial charge in [0.05, 0.1) is 37.6 Å². The maximum Gasteiger partial charge on any atom is 0.490 e. The number of benzene rings is 2. The predicted octanol–water partition coefficient (Wildman–Crippen LogP) is 4.88. The number of aliphatic hydroxyl groups excluding tert-OH is 2. The third-order valence-corrected chi connectivity index (χ3v) is 8.71. The third-order valence-electron chi connectivity index (χ3n) is 8.18. The summed E-state index contributed by atoms with van der Waals surface area (Å²) in [7, 11) is -0.182. The second-order valence-corrected chi connectivity index (χ2v) is 13.1. The van der Waals surface area contributed by atoms with Gasteiger partial charge in [-0.3, -0.25) is 0 Å². The summed E-state index contributed by atoms with van der Waals surface area (Å²) in [6.45, 7) is 11.1. The van der Waals surface area contributed by atoms with E-state index in [1.54, 1.807) is 12.1 Å². The summed E-state index contributed by atoms with van der Waals surface area (Å²) in [5.74, 6) is -2.38. The molecule has 1 saturated heterocycles. The van der Waals surface area contributed by atoms with Gasteiger partial charge in [-0.1, -0.05) is 64.5 Å². The highest BCUT2D eigenvalue weighted by Crippen LogP contribution is 2.39. The molecule has 12 heteroatoms. The van der Waals surface area contributed by atoms with Crippen LogP contribution >= 0.6 is 15.9 Å². The first-order chi connectivity index (χ1) is 21.7. The van der Waals surface area contributed by atoms with Crippen LogP contribution in [-0.2, 0) is 41.2 Å². The summed E-state index contributed by atoms with van der Waals surface area (Å²) in [6, 6.07) is 14.8. The Hall–Kier alpha value is -2.84. The van der Waals surface area contributed by atoms with E-state index in [1.807, 2.05) is 36.4 Å². The number of aliphatic hydroxyl groups is 2. The number of hydrogen-bond donors (Lipinski definition) is 4. The molecule has 0 amide bonds. The zero-order chi connectivity index (χ0) is 33.9. The molecule has 2 atom stereocenters. The van der Waals surface area contributed by atoms with E-state index in [9.17, 15) is 14.7 Å². The third kappa shape index (κ3) is 11.4. The normalized spacial score (nSPS) is 19.7. The van der Waals surface area contributed by atoms with Crippen molar-refractivity contribution in [3.8, 4) is 0 Å². The number of halogens is 1. The standard InChI is InChI=1S/C14H16O4.C11H19BO3.C9H9BrO3/c15-13(14(16)17)9-10-1-3-11(4-2-10)12-5-7-18-8-6-12;1-10(2)11(3,4)15-12(14-10)9-5-7-13-8-6-9;10-7-3-1-6(2-4-7)5-8(11)9(12)13/h1-5,13,15H,6-9H2,(H,16,17);5H,6-8H2,1-4H3;1-4,8,11H,5H2,(H,12,13)/t13-;;8-/m1.1/s1. The minimum Gasteiger partial charge on any atom is -0.479 e. The molecule has 3 aliphatic rings. The smallest absolute Gasteiger partial charge is 0.479 e. The molecule has 0 radical (unpaired) electrons. The Bertz CT molecular complexity index is 1340. The second kappa shape index (κ2) is 17.4. The van der Waals surface area contributed by atoms with Crippen molar-refractivity contribution in [2.24, 2.45) is 0 Å². The summed E-state index contributed by atoms with van der Waals surface area (Å²) >= 11 is 3.26. The lowest BCUT2D eigenvalue weighted by molar-refractivity contribution is -0.147. The van der Waals surface area contributed by atoms with Gasteiger partial charge >= 0.3 is 19.1 Å². The highest BCUT2D eigenvalue weighted by atomic mass is 79.9. The van der Waals surface area contributed by atoms with E-state index in [1.165, 1.54) is 11.0 Å². The molecule has 0 aromatic heterocycles. The van der Waals surface area contributed by atoms with E-state index in [-0.39, 0.29) is 31.2 Å². The largest absolute Gasteiger partial charge is 0.490 e. The maximum absolute atomic E-state index is 10.5. The van der Waals surface area contributed by atoms with Crippen molar-refractivity contribution in [2.75, 3.05) is 26.4 Å². The van der Waals surface area contributed by atoms with E-state index in [0.29, 0.717) is 13.2 Å². The first kappa shape index (κ1) is 37.6. The fourth-order valence-electron chi connectivity index (χ4n) is 4.64. The molecule has 2 aromatic carbocycles. The molecule has 0 aliphatic carbocycles. The number of carboxylic acid groups (broad SMARTS) is 2. The number of hydrogen-bond acceptors (Lipinski definition) is 8. The van der Waals surface area contributed by atoms with Crippen LogP contribution in [0.4, 0.5) is 0 Å². The molecule has 0 unspecified atom stereocenters. The van der Waals surface area contributed by atoms with Gasteiger partial charge in [-0.05, 0) is 80.4 Å². The SMILES string of the molecule is CC1(C)OB(C2=CCOCC2)OC1(C)C.O=C(O)[C@H](O)Cc1ccc(Br)cc1.O=C(O)[C@H](O)Cc1ccc(C2=CCOCC2)cc1. The number of carbonyl (C=O) groups is 2. The molecule has 46 heavy (non-hydrogen) atoms. The van der Waals surface area contributed by atoms with Crippen molar-refractivity contribution in [3.05, 3.63) is 87.3 Å². The zero-order valence-electron chi connectivity index (χ0n) is 26.8. The number of ether oxygens (including phenoxy) is 2. The summed E-state index contributed by atoms with van der Waals surface area (Å²) in [4.78, 5) is 20.9. The summed E-state index contributed by atoms with van der Waals surface area (Å²) in [6.07, 6.45) is 3.57. The van der Waals surface area contributed by atoms with Crippen LogP contribution in [0.5, 0.6) is 0 Å². The average molecular weight is 703 g/mol. The van der Waals surface area contributed by atoms with Gasteiger partial charge in [0, 0.05) is 17.3 Å². The summed E-state index contributed by atoms with van der Waals surface area (Å²) in [5, 5.41) is 35.4. The lowest BCUT2D eigenvalue weighted by atomic mass is 9.75. The predicted molar refractivity (Wildman–Crippen MR) is 178 cm³/mol. The zero-order valence-corrected chi connectivity index (χ0v) is 28.4. The van der Waals surface area contributed by atoms with Crippen molar-refractivity contribution in [1.82, 2.24) is 0 Å². The van der Waals surface area contributed by atoms with E-state index < -0.39 is 24.1 Å². The van der Waals surface area contributed by atoms with Crippen LogP contribution in [0.2, 0.25) is 0 Å². The van der Waals surface area contributed by atoms with Crippen LogP contribution in [0.25, 0.3) is 5.57 Å². The number of aliphatic carboxylic acids is 2. The summed E-state index contributed by atoms with van der Waals surface area (Å²) in [5.41, 5.74) is 4.76. The van der Waals surface area contributed by atoms with Gasteiger partial charge in [0.2, 0.25) is 0 Å². The van der Waals surface area contributed by atoms with Crippen LogP contribution in [0.3, 0.4) is 0 Å². The minimum absolute atomic E-state index is 0.137. The Kier molecular flexibility index (Phi) is 14.2. The first-order valence-corrected chi connectivity index (χ1v) is 16.0. The van der Waals surface area contributed by atoms with E-state index in [4.69, 9.17) is 34.1 Å². The second-order valence-electron chi connectivity index (χ2n) is 12.2. The lowest BCUT2D eigenvalue weighted by Gasteiger charge is -2.32. The Morgan fingerprint density at radius 1 is 0.761 bits per heavy atom. The van der Waals surface area contributed by atoms with Gasteiger partial charge in [-0.25, -0.2) is 9.59 Å². The van der Waals surface area contributed by atoms with Gasteiger partial charge in [-0.2, -0.15) is 0 Å². The monoisotopic (exact) mass is 702 g/mol. The van der Waals surface area contributed by atoms with Crippen LogP contribution in [0.1, 0.15) is 57.2 Å². The lowest BCUT2D eigenvalue weighted by Crippen LogP contribution is -2.41. The van der Waals surface area contributed by atoms with Crippen molar-refractivity contribution >= 4 is 40.6 Å². The Morgan fingerprint density at radius 3 is 1.63 bits per heavy atom. The van der Waals surface area contributed by atoms with Crippen molar-refractivity contribution < 1.29 is 48.8 Å². The van der Waals surface area contributed by atoms with Crippen molar-refractivity contribution in [3.63, 3.8) is 0 Å². The molecule has 2 aromatic rings. The van der Waals surface area contributed by atoms with Gasteiger partial charge in [-0.15, -0.1) is 0 Å². The van der Waals surface area contributed by atoms with E-state index in [2.05, 4.69) is 55.8 Å². The van der Waals surface area contributed by atoms with Gasteiger partial charge in [0.15, 0.2) is 12.2 Å². The fourth-order valence-corrected chi connectivity index (χ4v) is 4.90. The Morgan fingerprint density at radius 2 is 1.22 bits per heavy atom. The molecule has 10 nitrogen and oxygen atoms in total. The van der Waals surface area contributed by atoms with Crippen LogP contribution in [-0.4, -0.2) is 89.3 Å². The Labute approximate surface area is 279 Å². The number of rotatable bonds is 8. The molecule has 250 valence electrons. The molecule has 3 heterocycles. The average Bonchev–Trinajstić information content (AvgIpc) is 3.26. The first-order valence-electron chi connectivity index (χ1n) is 15.2. The molecule has 1 fully saturated rings. The van der Waals surface area contributed by atoms with Gasteiger partial charge in [0.1, 0.15) is 0 Å². The fraction of sp³-hybridized carbons (Fsp3) is 0.471. The molecule has 0 bridgehead atoms. The molecule has 5 rings (SSSR count). The summed E-state index contributed by atoms with van der Waals surface area (Å²) < 4.78 is 23.4. The van der Waals surface area contributed by atoms with Crippen LogP contribution < -0.4 is 0 Å². The molecule has 3 aliphatic heterocycles. The molecule has 0 spiro atoms. The molecule has 0 saturated carbocycles. The van der Waals surface area contributed by atoms with Crippen molar-refractivity contribution in [1.29, 1.82) is 0 Å². The Balaban J connectivity index is 0.000000191. The highest BCUT2D eigenvalue weighted by molar-refractivity contribution is 9.10. The minimum atomic E-state index is -1.34. The van der Waals surface area contributed by atoms with Crippen molar-refractivity contribution in [2.45, 2.75) is 76.8 Å². The molecular weight excluding hydrogens is 659 g/mol. The van der Waals surface area contributed by atoms with Gasteiger partial charge in [0.25, 0.3) is 0 Å². The topological polar surface area (TPSA) is 152 Å². The van der Waals surface area contributed by atoms with Crippen LogP contribution in [0, 0.1) is 0 Å². The van der Waals surface area contributed by atoms with E-state index >= 15 is 0 Å². The highest BCUT2D eigenvalue weighted by Gasteiger charge is 2.52. The maximum atomic E-state index is 10.5. The molecular formula is C34H44BBrO10. The van der Waals surface area contributed by atoms with Crippen LogP contribution in [0.15, 0.2) is 70.6 Å². The quantitative estimate of drug-likeness (QED) is 0.280.